The van der Waals surface area contributed by atoms with Crippen molar-refractivity contribution in [2.24, 2.45) is 5.92 Å². The molecular weight excluding hydrogens is 246 g/mol. The van der Waals surface area contributed by atoms with Crippen molar-refractivity contribution in [3.63, 3.8) is 0 Å². The lowest BCUT2D eigenvalue weighted by Crippen LogP contribution is -2.16. The number of nitrogens with zero attached hydrogens (tertiary/aromatic N) is 1. The van der Waals surface area contributed by atoms with E-state index in [1.54, 1.807) is 11.3 Å². The molecule has 1 aromatic carbocycles. The zero-order valence-electron chi connectivity index (χ0n) is 10.2. The van der Waals surface area contributed by atoms with Crippen LogP contribution in [0.25, 0.3) is 10.2 Å². The summed E-state index contributed by atoms with van der Waals surface area (Å²) in [5, 5.41) is 10.2. The third-order valence-electron chi connectivity index (χ3n) is 3.71. The lowest BCUT2D eigenvalue weighted by Gasteiger charge is -2.11. The van der Waals surface area contributed by atoms with Crippen LogP contribution in [0.1, 0.15) is 35.8 Å². The molecular formula is C14H15NO2S. The van der Waals surface area contributed by atoms with Crippen LogP contribution in [0.15, 0.2) is 18.2 Å². The Morgan fingerprint density at radius 3 is 3.06 bits per heavy atom. The van der Waals surface area contributed by atoms with Gasteiger partial charge in [-0.25, -0.2) is 4.98 Å². The largest absolute Gasteiger partial charge is 0.481 e. The molecule has 2 atom stereocenters. The highest BCUT2D eigenvalue weighted by atomic mass is 32.1. The fourth-order valence-electron chi connectivity index (χ4n) is 2.77. The molecule has 1 aliphatic rings. The van der Waals surface area contributed by atoms with Crippen LogP contribution in [-0.2, 0) is 4.79 Å². The highest BCUT2D eigenvalue weighted by Crippen LogP contribution is 2.42. The summed E-state index contributed by atoms with van der Waals surface area (Å²) in [7, 11) is 0. The molecule has 1 aromatic heterocycles. The summed E-state index contributed by atoms with van der Waals surface area (Å²) in [5.74, 6) is -0.806. The molecule has 0 amide bonds. The number of fused-ring (bicyclic) bond motifs is 1. The molecule has 3 nitrogen and oxygen atoms in total. The quantitative estimate of drug-likeness (QED) is 0.899. The second-order valence-electron chi connectivity index (χ2n) is 5.01. The third-order valence-corrected chi connectivity index (χ3v) is 4.88. The molecule has 1 N–H and O–H groups in total. The van der Waals surface area contributed by atoms with Crippen LogP contribution in [0.5, 0.6) is 0 Å². The van der Waals surface area contributed by atoms with Gasteiger partial charge in [0, 0.05) is 5.92 Å². The van der Waals surface area contributed by atoms with Gasteiger partial charge in [-0.3, -0.25) is 4.79 Å². The van der Waals surface area contributed by atoms with Gasteiger partial charge in [-0.05, 0) is 37.5 Å². The van der Waals surface area contributed by atoms with Gasteiger partial charge < -0.3 is 5.11 Å². The highest BCUT2D eigenvalue weighted by molar-refractivity contribution is 7.18. The molecule has 0 bridgehead atoms. The van der Waals surface area contributed by atoms with E-state index in [2.05, 4.69) is 23.2 Å². The van der Waals surface area contributed by atoms with Gasteiger partial charge in [0.1, 0.15) is 0 Å². The monoisotopic (exact) mass is 261 g/mol. The molecule has 2 unspecified atom stereocenters. The van der Waals surface area contributed by atoms with Crippen LogP contribution in [0.3, 0.4) is 0 Å². The number of carboxylic acids is 1. The van der Waals surface area contributed by atoms with Crippen molar-refractivity contribution in [2.75, 3.05) is 0 Å². The Labute approximate surface area is 109 Å². The standard InChI is InChI=1S/C14H15NO2S/c1-8-5-6-12-11(7-8)15-13(18-12)9-3-2-4-10(9)14(16)17/h5-7,9-10H,2-4H2,1H3,(H,16,17). The Hall–Kier alpha value is -1.42. The first-order valence-corrected chi connectivity index (χ1v) is 7.06. The van der Waals surface area contributed by atoms with Gasteiger partial charge in [0.25, 0.3) is 0 Å². The summed E-state index contributed by atoms with van der Waals surface area (Å²) in [6.45, 7) is 2.05. The summed E-state index contributed by atoms with van der Waals surface area (Å²) in [4.78, 5) is 15.9. The van der Waals surface area contributed by atoms with Crippen molar-refractivity contribution in [1.29, 1.82) is 0 Å². The first-order chi connectivity index (χ1) is 8.65. The maximum Gasteiger partial charge on any atom is 0.307 e. The number of carboxylic acid groups (broad SMARTS) is 1. The number of hydrogen-bond acceptors (Lipinski definition) is 3. The van der Waals surface area contributed by atoms with Gasteiger partial charge in [0.05, 0.1) is 21.1 Å². The molecule has 0 radical (unpaired) electrons. The van der Waals surface area contributed by atoms with Crippen molar-refractivity contribution >= 4 is 27.5 Å². The molecule has 0 aliphatic heterocycles. The van der Waals surface area contributed by atoms with E-state index in [4.69, 9.17) is 0 Å². The second-order valence-corrected chi connectivity index (χ2v) is 6.07. The predicted octanol–water partition coefficient (Wildman–Crippen LogP) is 3.57. The first kappa shape index (κ1) is 11.7. The molecule has 0 saturated heterocycles. The van der Waals surface area contributed by atoms with Crippen LogP contribution in [0, 0.1) is 12.8 Å². The van der Waals surface area contributed by atoms with E-state index in [1.165, 1.54) is 5.56 Å². The summed E-state index contributed by atoms with van der Waals surface area (Å²) >= 11 is 1.65. The van der Waals surface area contributed by atoms with Crippen LogP contribution >= 0.6 is 11.3 Å². The zero-order chi connectivity index (χ0) is 12.7. The molecule has 2 aromatic rings. The number of benzene rings is 1. The molecule has 94 valence electrons. The van der Waals surface area contributed by atoms with E-state index in [-0.39, 0.29) is 11.8 Å². The van der Waals surface area contributed by atoms with Crippen molar-refractivity contribution in [3.8, 4) is 0 Å². The van der Waals surface area contributed by atoms with E-state index >= 15 is 0 Å². The van der Waals surface area contributed by atoms with Gasteiger partial charge in [0.2, 0.25) is 0 Å². The smallest absolute Gasteiger partial charge is 0.307 e. The average molecular weight is 261 g/mol. The second kappa shape index (κ2) is 4.35. The van der Waals surface area contributed by atoms with E-state index in [9.17, 15) is 9.90 Å². The number of aryl methyl sites for hydroxylation is 1. The Morgan fingerprint density at radius 2 is 2.28 bits per heavy atom. The van der Waals surface area contributed by atoms with E-state index < -0.39 is 5.97 Å². The summed E-state index contributed by atoms with van der Waals surface area (Å²) in [5.41, 5.74) is 2.20. The highest BCUT2D eigenvalue weighted by Gasteiger charge is 2.35. The molecule has 0 spiro atoms. The van der Waals surface area contributed by atoms with E-state index in [1.807, 2.05) is 6.92 Å². The zero-order valence-corrected chi connectivity index (χ0v) is 11.0. The van der Waals surface area contributed by atoms with Crippen molar-refractivity contribution in [2.45, 2.75) is 32.1 Å². The molecule has 3 rings (SSSR count). The van der Waals surface area contributed by atoms with Gasteiger partial charge in [0.15, 0.2) is 0 Å². The average Bonchev–Trinajstić information content (AvgIpc) is 2.93. The minimum absolute atomic E-state index is 0.111. The van der Waals surface area contributed by atoms with Crippen LogP contribution in [-0.4, -0.2) is 16.1 Å². The van der Waals surface area contributed by atoms with Gasteiger partial charge >= 0.3 is 5.97 Å². The van der Waals surface area contributed by atoms with Gasteiger partial charge in [-0.1, -0.05) is 12.5 Å². The summed E-state index contributed by atoms with van der Waals surface area (Å²) in [6, 6.07) is 6.23. The van der Waals surface area contributed by atoms with Crippen LogP contribution in [0.4, 0.5) is 0 Å². The van der Waals surface area contributed by atoms with Gasteiger partial charge in [-0.15, -0.1) is 11.3 Å². The topological polar surface area (TPSA) is 50.2 Å². The minimum atomic E-state index is -0.673. The molecule has 1 fully saturated rings. The predicted molar refractivity (Wildman–Crippen MR) is 72.1 cm³/mol. The maximum atomic E-state index is 11.2. The Balaban J connectivity index is 2.01. The number of thiazole rings is 1. The van der Waals surface area contributed by atoms with Gasteiger partial charge in [-0.2, -0.15) is 0 Å². The Morgan fingerprint density at radius 1 is 1.44 bits per heavy atom. The van der Waals surface area contributed by atoms with Crippen LogP contribution in [0.2, 0.25) is 0 Å². The fourth-order valence-corrected chi connectivity index (χ4v) is 3.91. The summed E-state index contributed by atoms with van der Waals surface area (Å²) in [6.07, 6.45) is 2.74. The molecule has 1 saturated carbocycles. The molecule has 4 heteroatoms. The summed E-state index contributed by atoms with van der Waals surface area (Å²) < 4.78 is 1.16. The lowest BCUT2D eigenvalue weighted by molar-refractivity contribution is -0.142. The van der Waals surface area contributed by atoms with Crippen molar-refractivity contribution in [1.82, 2.24) is 4.98 Å². The lowest BCUT2D eigenvalue weighted by atomic mass is 9.97. The van der Waals surface area contributed by atoms with E-state index in [0.717, 1.165) is 34.5 Å². The molecule has 1 aliphatic carbocycles. The normalized spacial score (nSPS) is 23.6. The third kappa shape index (κ3) is 1.90. The molecule has 18 heavy (non-hydrogen) atoms. The number of aliphatic carboxylic acids is 1. The van der Waals surface area contributed by atoms with Crippen molar-refractivity contribution in [3.05, 3.63) is 28.8 Å². The van der Waals surface area contributed by atoms with Crippen LogP contribution < -0.4 is 0 Å². The first-order valence-electron chi connectivity index (χ1n) is 6.25. The Kier molecular flexibility index (Phi) is 2.82. The van der Waals surface area contributed by atoms with Crippen molar-refractivity contribution < 1.29 is 9.90 Å². The van der Waals surface area contributed by atoms with E-state index in [0.29, 0.717) is 0 Å². The minimum Gasteiger partial charge on any atom is -0.481 e. The number of aromatic nitrogens is 1. The fraction of sp³-hybridized carbons (Fsp3) is 0.429. The number of carbonyl (C=O) groups is 1. The number of hydrogen-bond donors (Lipinski definition) is 1. The maximum absolute atomic E-state index is 11.2. The SMILES string of the molecule is Cc1ccc2sc(C3CCCC3C(=O)O)nc2c1. The Bertz CT molecular complexity index is 605. The molecule has 1 heterocycles. The number of rotatable bonds is 2.